The van der Waals surface area contributed by atoms with Crippen LogP contribution in [0.4, 0.5) is 0 Å². The highest BCUT2D eigenvalue weighted by Gasteiger charge is 2.23. The van der Waals surface area contributed by atoms with Crippen LogP contribution in [-0.2, 0) is 19.3 Å². The molecule has 0 bridgehead atoms. The van der Waals surface area contributed by atoms with E-state index in [2.05, 4.69) is 47.3 Å². The Hall–Kier alpha value is -1.67. The number of hydrogen-bond acceptors (Lipinski definition) is 2. The molecule has 1 aliphatic rings. The van der Waals surface area contributed by atoms with E-state index in [1.165, 1.54) is 36.0 Å². The van der Waals surface area contributed by atoms with Gasteiger partial charge in [0.05, 0.1) is 0 Å². The zero-order chi connectivity index (χ0) is 13.8. The van der Waals surface area contributed by atoms with Crippen molar-refractivity contribution in [2.45, 2.75) is 31.7 Å². The number of likely N-dealkylation sites (N-methyl/N-ethyl adjacent to an activating group) is 1. The number of nitrogens with zero attached hydrogens (tertiary/aromatic N) is 2. The van der Waals surface area contributed by atoms with Crippen molar-refractivity contribution in [1.29, 1.82) is 0 Å². The summed E-state index contributed by atoms with van der Waals surface area (Å²) < 4.78 is 0. The molecule has 0 atom stereocenters. The SMILES string of the molecule is CN(CCCc1cccnc1)C1Cc2ccccc2C1. The van der Waals surface area contributed by atoms with Crippen molar-refractivity contribution in [2.24, 2.45) is 0 Å². The lowest BCUT2D eigenvalue weighted by molar-refractivity contribution is 0.246. The van der Waals surface area contributed by atoms with Crippen molar-refractivity contribution in [3.63, 3.8) is 0 Å². The van der Waals surface area contributed by atoms with Gasteiger partial charge in [0, 0.05) is 18.4 Å². The molecule has 0 saturated heterocycles. The monoisotopic (exact) mass is 266 g/mol. The van der Waals surface area contributed by atoms with Gasteiger partial charge < -0.3 is 4.90 Å². The zero-order valence-corrected chi connectivity index (χ0v) is 12.1. The van der Waals surface area contributed by atoms with E-state index >= 15 is 0 Å². The van der Waals surface area contributed by atoms with Gasteiger partial charge in [0.15, 0.2) is 0 Å². The van der Waals surface area contributed by atoms with Gasteiger partial charge in [0.2, 0.25) is 0 Å². The topological polar surface area (TPSA) is 16.1 Å². The average molecular weight is 266 g/mol. The smallest absolute Gasteiger partial charge is 0.0299 e. The van der Waals surface area contributed by atoms with Crippen LogP contribution in [0.1, 0.15) is 23.1 Å². The van der Waals surface area contributed by atoms with E-state index in [-0.39, 0.29) is 0 Å². The van der Waals surface area contributed by atoms with Crippen molar-refractivity contribution >= 4 is 0 Å². The van der Waals surface area contributed by atoms with E-state index in [0.717, 1.165) is 13.0 Å². The van der Waals surface area contributed by atoms with Gasteiger partial charge in [0.25, 0.3) is 0 Å². The van der Waals surface area contributed by atoms with Gasteiger partial charge in [-0.15, -0.1) is 0 Å². The fourth-order valence-electron chi connectivity index (χ4n) is 3.11. The Morgan fingerprint density at radius 2 is 1.85 bits per heavy atom. The first-order chi connectivity index (χ1) is 9.83. The minimum absolute atomic E-state index is 0.682. The van der Waals surface area contributed by atoms with Crippen LogP contribution < -0.4 is 0 Å². The molecule has 0 unspecified atom stereocenters. The molecule has 0 fully saturated rings. The molecular weight excluding hydrogens is 244 g/mol. The lowest BCUT2D eigenvalue weighted by Gasteiger charge is -2.23. The molecule has 1 aliphatic carbocycles. The van der Waals surface area contributed by atoms with Gasteiger partial charge in [-0.1, -0.05) is 30.3 Å². The van der Waals surface area contributed by atoms with Crippen LogP contribution in [0, 0.1) is 0 Å². The number of pyridine rings is 1. The summed E-state index contributed by atoms with van der Waals surface area (Å²) in [5.41, 5.74) is 4.42. The molecule has 1 aromatic heterocycles. The molecule has 20 heavy (non-hydrogen) atoms. The minimum atomic E-state index is 0.682. The Kier molecular flexibility index (Phi) is 4.12. The highest BCUT2D eigenvalue weighted by atomic mass is 15.1. The van der Waals surface area contributed by atoms with Gasteiger partial charge >= 0.3 is 0 Å². The Morgan fingerprint density at radius 3 is 2.50 bits per heavy atom. The van der Waals surface area contributed by atoms with Gasteiger partial charge in [-0.2, -0.15) is 0 Å². The summed E-state index contributed by atoms with van der Waals surface area (Å²) >= 11 is 0. The molecule has 0 radical (unpaired) electrons. The van der Waals surface area contributed by atoms with E-state index in [9.17, 15) is 0 Å². The molecule has 1 aromatic carbocycles. The summed E-state index contributed by atoms with van der Waals surface area (Å²) in [5.74, 6) is 0. The number of aromatic nitrogens is 1. The second-order valence-electron chi connectivity index (χ2n) is 5.78. The normalized spacial score (nSPS) is 14.7. The minimum Gasteiger partial charge on any atom is -0.303 e. The molecule has 0 aliphatic heterocycles. The number of benzene rings is 1. The quantitative estimate of drug-likeness (QED) is 0.826. The van der Waals surface area contributed by atoms with Crippen molar-refractivity contribution in [1.82, 2.24) is 9.88 Å². The Balaban J connectivity index is 1.48. The predicted molar refractivity (Wildman–Crippen MR) is 82.8 cm³/mol. The van der Waals surface area contributed by atoms with Crippen LogP contribution >= 0.6 is 0 Å². The molecule has 2 heteroatoms. The van der Waals surface area contributed by atoms with Gasteiger partial charge in [0.1, 0.15) is 0 Å². The first kappa shape index (κ1) is 13.3. The molecule has 104 valence electrons. The van der Waals surface area contributed by atoms with E-state index in [4.69, 9.17) is 0 Å². The molecular formula is C18H22N2. The van der Waals surface area contributed by atoms with Crippen LogP contribution in [0.15, 0.2) is 48.8 Å². The van der Waals surface area contributed by atoms with Crippen LogP contribution in [0.5, 0.6) is 0 Å². The van der Waals surface area contributed by atoms with Gasteiger partial charge in [-0.3, -0.25) is 4.98 Å². The molecule has 0 amide bonds. The number of fused-ring (bicyclic) bond motifs is 1. The summed E-state index contributed by atoms with van der Waals surface area (Å²) in [7, 11) is 2.26. The molecule has 0 N–H and O–H groups in total. The van der Waals surface area contributed by atoms with E-state index in [1.54, 1.807) is 0 Å². The Labute approximate surface area is 121 Å². The zero-order valence-electron chi connectivity index (χ0n) is 12.1. The maximum Gasteiger partial charge on any atom is 0.0299 e. The maximum absolute atomic E-state index is 4.17. The number of hydrogen-bond donors (Lipinski definition) is 0. The van der Waals surface area contributed by atoms with Crippen molar-refractivity contribution in [2.75, 3.05) is 13.6 Å². The predicted octanol–water partition coefficient (Wildman–Crippen LogP) is 3.11. The first-order valence-electron chi connectivity index (χ1n) is 7.49. The fraction of sp³-hybridized carbons (Fsp3) is 0.389. The lowest BCUT2D eigenvalue weighted by Crippen LogP contribution is -2.33. The molecule has 0 saturated carbocycles. The molecule has 0 spiro atoms. The summed E-state index contributed by atoms with van der Waals surface area (Å²) in [6, 6.07) is 13.7. The number of rotatable bonds is 5. The lowest BCUT2D eigenvalue weighted by atomic mass is 10.1. The second kappa shape index (κ2) is 6.19. The van der Waals surface area contributed by atoms with Crippen LogP contribution in [0.3, 0.4) is 0 Å². The number of aryl methyl sites for hydroxylation is 1. The maximum atomic E-state index is 4.17. The van der Waals surface area contributed by atoms with Crippen molar-refractivity contribution < 1.29 is 0 Å². The van der Waals surface area contributed by atoms with Crippen LogP contribution in [0.25, 0.3) is 0 Å². The molecule has 2 aromatic rings. The van der Waals surface area contributed by atoms with E-state index in [1.807, 2.05) is 18.5 Å². The van der Waals surface area contributed by atoms with Crippen LogP contribution in [-0.4, -0.2) is 29.5 Å². The third-order valence-electron chi connectivity index (χ3n) is 4.35. The largest absolute Gasteiger partial charge is 0.303 e. The average Bonchev–Trinajstić information content (AvgIpc) is 2.92. The van der Waals surface area contributed by atoms with E-state index < -0.39 is 0 Å². The Bertz CT molecular complexity index is 525. The van der Waals surface area contributed by atoms with Gasteiger partial charge in [-0.25, -0.2) is 0 Å². The molecule has 2 nitrogen and oxygen atoms in total. The third-order valence-corrected chi connectivity index (χ3v) is 4.35. The summed E-state index contributed by atoms with van der Waals surface area (Å²) in [6.45, 7) is 1.16. The fourth-order valence-corrected chi connectivity index (χ4v) is 3.11. The van der Waals surface area contributed by atoms with E-state index in [0.29, 0.717) is 6.04 Å². The standard InChI is InChI=1S/C18H22N2/c1-20(11-5-7-15-6-4-10-19-14-15)18-12-16-8-2-3-9-17(16)13-18/h2-4,6,8-10,14,18H,5,7,11-13H2,1H3. The molecule has 3 rings (SSSR count). The van der Waals surface area contributed by atoms with Crippen molar-refractivity contribution in [3.05, 3.63) is 65.5 Å². The third kappa shape index (κ3) is 3.07. The summed E-state index contributed by atoms with van der Waals surface area (Å²) in [4.78, 5) is 6.70. The molecule has 1 heterocycles. The van der Waals surface area contributed by atoms with Crippen molar-refractivity contribution in [3.8, 4) is 0 Å². The highest BCUT2D eigenvalue weighted by Crippen LogP contribution is 2.24. The first-order valence-corrected chi connectivity index (χ1v) is 7.49. The summed E-state index contributed by atoms with van der Waals surface area (Å²) in [5, 5.41) is 0. The van der Waals surface area contributed by atoms with Gasteiger partial charge in [-0.05, 0) is 62.0 Å². The summed E-state index contributed by atoms with van der Waals surface area (Å²) in [6.07, 6.45) is 8.56. The second-order valence-corrected chi connectivity index (χ2v) is 5.78. The Morgan fingerprint density at radius 1 is 1.10 bits per heavy atom. The van der Waals surface area contributed by atoms with Crippen LogP contribution in [0.2, 0.25) is 0 Å². The highest BCUT2D eigenvalue weighted by molar-refractivity contribution is 5.33.